The lowest BCUT2D eigenvalue weighted by molar-refractivity contribution is 0.0642. The molecule has 0 spiro atoms. The Hall–Kier alpha value is 0.270. The van der Waals surface area contributed by atoms with Gasteiger partial charge in [-0.1, -0.05) is 0 Å². The molecule has 1 unspecified atom stereocenters. The minimum atomic E-state index is 0.448. The zero-order valence-corrected chi connectivity index (χ0v) is 10.0. The lowest BCUT2D eigenvalue weighted by Gasteiger charge is -2.25. The highest BCUT2D eigenvalue weighted by atomic mass is 32.1. The molecular formula is C11H21NOS. The first-order valence-electron chi connectivity index (χ1n) is 5.74. The summed E-state index contributed by atoms with van der Waals surface area (Å²) in [5.41, 5.74) is 0. The van der Waals surface area contributed by atoms with Crippen molar-refractivity contribution in [2.24, 2.45) is 5.92 Å². The first kappa shape index (κ1) is 10.8. The molecule has 0 saturated carbocycles. The summed E-state index contributed by atoms with van der Waals surface area (Å²) in [6.07, 6.45) is 4.23. The molecular weight excluding hydrogens is 194 g/mol. The molecule has 0 bridgehead atoms. The van der Waals surface area contributed by atoms with E-state index in [0.717, 1.165) is 12.5 Å². The van der Waals surface area contributed by atoms with Gasteiger partial charge < -0.3 is 4.74 Å². The van der Waals surface area contributed by atoms with Crippen LogP contribution in [-0.2, 0) is 4.74 Å². The summed E-state index contributed by atoms with van der Waals surface area (Å²) in [6, 6.07) is 0.615. The Morgan fingerprint density at radius 3 is 2.71 bits per heavy atom. The zero-order valence-electron chi connectivity index (χ0n) is 9.15. The maximum absolute atomic E-state index is 5.75. The Bertz CT molecular complexity index is 192. The van der Waals surface area contributed by atoms with Crippen LogP contribution in [0.4, 0.5) is 0 Å². The van der Waals surface area contributed by atoms with Crippen molar-refractivity contribution in [3.63, 3.8) is 0 Å². The van der Waals surface area contributed by atoms with E-state index in [2.05, 4.69) is 31.4 Å². The number of hydrogen-bond acceptors (Lipinski definition) is 3. The van der Waals surface area contributed by atoms with Crippen LogP contribution in [0.25, 0.3) is 0 Å². The topological polar surface area (TPSA) is 12.5 Å². The predicted octanol–water partition coefficient (Wildman–Crippen LogP) is 2.15. The van der Waals surface area contributed by atoms with Gasteiger partial charge in [-0.2, -0.15) is 12.6 Å². The van der Waals surface area contributed by atoms with Crippen molar-refractivity contribution in [3.05, 3.63) is 0 Å². The van der Waals surface area contributed by atoms with Gasteiger partial charge in [-0.15, -0.1) is 0 Å². The van der Waals surface area contributed by atoms with E-state index in [0.29, 0.717) is 17.5 Å². The van der Waals surface area contributed by atoms with E-state index in [1.807, 2.05) is 0 Å². The van der Waals surface area contributed by atoms with Crippen molar-refractivity contribution in [1.29, 1.82) is 0 Å². The summed E-state index contributed by atoms with van der Waals surface area (Å²) in [4.78, 5) is 2.48. The smallest absolute Gasteiger partial charge is 0.0617 e. The second-order valence-corrected chi connectivity index (χ2v) is 5.41. The highest BCUT2D eigenvalue weighted by Crippen LogP contribution is 2.34. The van der Waals surface area contributed by atoms with Gasteiger partial charge >= 0.3 is 0 Å². The van der Waals surface area contributed by atoms with Gasteiger partial charge in [-0.3, -0.25) is 4.90 Å². The quantitative estimate of drug-likeness (QED) is 0.709. The number of nitrogens with zero attached hydrogens (tertiary/aromatic N) is 1. The molecule has 3 heteroatoms. The van der Waals surface area contributed by atoms with Crippen LogP contribution < -0.4 is 0 Å². The third kappa shape index (κ3) is 2.10. The van der Waals surface area contributed by atoms with Gasteiger partial charge in [-0.05, 0) is 33.1 Å². The number of likely N-dealkylation sites (tertiary alicyclic amines) is 1. The summed E-state index contributed by atoms with van der Waals surface area (Å²) < 4.78 is 5.75. The fourth-order valence-electron chi connectivity index (χ4n) is 2.67. The third-order valence-electron chi connectivity index (χ3n) is 3.50. The van der Waals surface area contributed by atoms with Crippen LogP contribution in [0.3, 0.4) is 0 Å². The van der Waals surface area contributed by atoms with Gasteiger partial charge in [0.1, 0.15) is 0 Å². The van der Waals surface area contributed by atoms with Gasteiger partial charge in [0.15, 0.2) is 0 Å². The lowest BCUT2D eigenvalue weighted by Crippen LogP contribution is -2.33. The molecule has 0 aliphatic carbocycles. The zero-order chi connectivity index (χ0) is 10.1. The predicted molar refractivity (Wildman–Crippen MR) is 61.7 cm³/mol. The Morgan fingerprint density at radius 1 is 1.43 bits per heavy atom. The number of thiol groups is 1. The van der Waals surface area contributed by atoms with E-state index in [4.69, 9.17) is 4.74 Å². The highest BCUT2D eigenvalue weighted by Gasteiger charge is 2.37. The summed E-state index contributed by atoms with van der Waals surface area (Å²) in [5, 5.41) is 0.448. The Kier molecular flexibility index (Phi) is 3.40. The molecule has 2 nitrogen and oxygen atoms in total. The Morgan fingerprint density at radius 2 is 2.21 bits per heavy atom. The standard InChI is InChI=1S/C11H21NOS/c1-8(2)12-7-9(6-11(12)14)10-4-3-5-13-10/h8-11,14H,3-7H2,1-2H3/t9-,10?,11+/m0/s1. The first-order valence-corrected chi connectivity index (χ1v) is 6.25. The third-order valence-corrected chi connectivity index (χ3v) is 4.00. The molecule has 0 aromatic carbocycles. The van der Waals surface area contributed by atoms with Gasteiger partial charge in [0.2, 0.25) is 0 Å². The van der Waals surface area contributed by atoms with Gasteiger partial charge in [0, 0.05) is 25.1 Å². The molecule has 3 atom stereocenters. The normalized spacial score (nSPS) is 39.9. The van der Waals surface area contributed by atoms with E-state index in [9.17, 15) is 0 Å². The minimum absolute atomic E-state index is 0.448. The van der Waals surface area contributed by atoms with E-state index in [-0.39, 0.29) is 0 Å². The Labute approximate surface area is 92.4 Å². The molecule has 2 fully saturated rings. The highest BCUT2D eigenvalue weighted by molar-refractivity contribution is 7.80. The second-order valence-electron chi connectivity index (χ2n) is 4.82. The largest absolute Gasteiger partial charge is 0.378 e. The van der Waals surface area contributed by atoms with Gasteiger partial charge in [0.25, 0.3) is 0 Å². The fraction of sp³-hybridized carbons (Fsp3) is 1.00. The van der Waals surface area contributed by atoms with Crippen molar-refractivity contribution in [1.82, 2.24) is 4.90 Å². The molecule has 14 heavy (non-hydrogen) atoms. The summed E-state index contributed by atoms with van der Waals surface area (Å²) in [6.45, 7) is 6.65. The molecule has 0 amide bonds. The van der Waals surface area contributed by atoms with Crippen LogP contribution in [0, 0.1) is 5.92 Å². The van der Waals surface area contributed by atoms with Crippen LogP contribution in [0.1, 0.15) is 33.1 Å². The average Bonchev–Trinajstić information content (AvgIpc) is 2.70. The van der Waals surface area contributed by atoms with E-state index in [1.54, 1.807) is 0 Å². The summed E-state index contributed by atoms with van der Waals surface area (Å²) in [5.74, 6) is 0.724. The van der Waals surface area contributed by atoms with Crippen molar-refractivity contribution >= 4 is 12.6 Å². The molecule has 2 aliphatic heterocycles. The van der Waals surface area contributed by atoms with Crippen LogP contribution in [0.15, 0.2) is 0 Å². The maximum Gasteiger partial charge on any atom is 0.0617 e. The van der Waals surface area contributed by atoms with E-state index in [1.165, 1.54) is 25.8 Å². The van der Waals surface area contributed by atoms with E-state index >= 15 is 0 Å². The molecule has 0 aromatic heterocycles. The average molecular weight is 215 g/mol. The van der Waals surface area contributed by atoms with Crippen molar-refractivity contribution < 1.29 is 4.74 Å². The molecule has 2 aliphatic rings. The van der Waals surface area contributed by atoms with Crippen LogP contribution in [-0.4, -0.2) is 35.6 Å². The summed E-state index contributed by atoms with van der Waals surface area (Å²) in [7, 11) is 0. The van der Waals surface area contributed by atoms with Crippen LogP contribution >= 0.6 is 12.6 Å². The van der Waals surface area contributed by atoms with Crippen molar-refractivity contribution in [2.75, 3.05) is 13.2 Å². The molecule has 2 rings (SSSR count). The number of ether oxygens (including phenoxy) is 1. The van der Waals surface area contributed by atoms with Crippen molar-refractivity contribution in [2.45, 2.75) is 50.6 Å². The maximum atomic E-state index is 5.75. The SMILES string of the molecule is CC(C)N1C[C@@H](C2CCCO2)C[C@H]1S. The number of hydrogen-bond donors (Lipinski definition) is 1. The van der Waals surface area contributed by atoms with Gasteiger partial charge in [0.05, 0.1) is 11.5 Å². The van der Waals surface area contributed by atoms with Gasteiger partial charge in [-0.25, -0.2) is 0 Å². The van der Waals surface area contributed by atoms with Crippen LogP contribution in [0.2, 0.25) is 0 Å². The summed E-state index contributed by atoms with van der Waals surface area (Å²) >= 11 is 4.65. The molecule has 82 valence electrons. The lowest BCUT2D eigenvalue weighted by atomic mass is 9.99. The molecule has 0 N–H and O–H groups in total. The fourth-order valence-corrected chi connectivity index (χ4v) is 3.30. The second kappa shape index (κ2) is 4.42. The van der Waals surface area contributed by atoms with E-state index < -0.39 is 0 Å². The molecule has 0 aromatic rings. The van der Waals surface area contributed by atoms with Crippen LogP contribution in [0.5, 0.6) is 0 Å². The molecule has 0 radical (unpaired) electrons. The molecule has 2 saturated heterocycles. The Balaban J connectivity index is 1.91. The number of rotatable bonds is 2. The molecule has 2 heterocycles. The first-order chi connectivity index (χ1) is 6.68. The minimum Gasteiger partial charge on any atom is -0.378 e. The van der Waals surface area contributed by atoms with Crippen molar-refractivity contribution in [3.8, 4) is 0 Å². The monoisotopic (exact) mass is 215 g/mol.